The third kappa shape index (κ3) is 5.19. The number of benzene rings is 8. The fourth-order valence-corrected chi connectivity index (χ4v) is 10.5. The fourth-order valence-electron chi connectivity index (χ4n) is 10.5. The van der Waals surface area contributed by atoms with Crippen LogP contribution in [0.2, 0.25) is 0 Å². The Hall–Kier alpha value is -8.03. The molecule has 1 fully saturated rings. The topological polar surface area (TPSA) is 56.7 Å². The summed E-state index contributed by atoms with van der Waals surface area (Å²) in [6.45, 7) is 4.93. The lowest BCUT2D eigenvalue weighted by molar-refractivity contribution is 0.193. The van der Waals surface area contributed by atoms with Crippen LogP contribution in [-0.4, -0.2) is 34.2 Å². The van der Waals surface area contributed by atoms with Gasteiger partial charge in [0.05, 0.1) is 84.1 Å². The van der Waals surface area contributed by atoms with Gasteiger partial charge in [0.2, 0.25) is 11.9 Å². The maximum absolute atomic E-state index is 10.4. The van der Waals surface area contributed by atoms with Crippen molar-refractivity contribution in [2.45, 2.75) is 57.4 Å². The Balaban J connectivity index is 1.22. The van der Waals surface area contributed by atoms with Crippen LogP contribution >= 0.6 is 0 Å². The quantitative estimate of drug-likeness (QED) is 0.173. The van der Waals surface area contributed by atoms with Crippen LogP contribution in [0.4, 0.5) is 11.6 Å². The van der Waals surface area contributed by atoms with Gasteiger partial charge >= 0.3 is 0 Å². The number of rotatable bonds is 5. The minimum atomic E-state index is -1.36. The molecule has 12 aromatic rings. The Morgan fingerprint density at radius 1 is 0.478 bits per heavy atom. The molecule has 14 rings (SSSR count). The molecule has 1 saturated carbocycles. The van der Waals surface area contributed by atoms with Crippen molar-refractivity contribution in [1.29, 1.82) is 0 Å². The van der Waals surface area contributed by atoms with Crippen LogP contribution in [0.1, 0.15) is 90.4 Å². The van der Waals surface area contributed by atoms with Crippen molar-refractivity contribution in [1.82, 2.24) is 28.7 Å². The van der Waals surface area contributed by atoms with Gasteiger partial charge in [-0.2, -0.15) is 15.0 Å². The molecule has 0 saturated heterocycles. The highest BCUT2D eigenvalue weighted by Crippen LogP contribution is 2.60. The van der Waals surface area contributed by atoms with Crippen LogP contribution in [0.15, 0.2) is 181 Å². The first kappa shape index (κ1) is 19.4. The molecule has 322 valence electrons. The normalized spacial score (nSPS) is 24.3. The molecular formula is C60H47N7. The molecule has 0 amide bonds. The van der Waals surface area contributed by atoms with Crippen molar-refractivity contribution < 1.29 is 39.8 Å². The monoisotopic (exact) mass is 895 g/mol. The van der Waals surface area contributed by atoms with Gasteiger partial charge in [-0.05, 0) is 104 Å². The van der Waals surface area contributed by atoms with Crippen molar-refractivity contribution in [2.24, 2.45) is 0 Å². The third-order valence-electron chi connectivity index (χ3n) is 13.7. The maximum atomic E-state index is 10.4. The molecule has 1 aliphatic carbocycles. The highest BCUT2D eigenvalue weighted by atomic mass is 15.4. The molecule has 5 heterocycles. The maximum Gasteiger partial charge on any atom is 0.240 e. The number of hydrogen-bond donors (Lipinski definition) is 0. The average molecular weight is 895 g/mol. The summed E-state index contributed by atoms with van der Waals surface area (Å²) < 4.78 is 272. The van der Waals surface area contributed by atoms with Crippen molar-refractivity contribution in [3.05, 3.63) is 192 Å². The molecular weight excluding hydrogens is 819 g/mol. The summed E-state index contributed by atoms with van der Waals surface area (Å²) in [5.41, 5.74) is -7.83. The van der Waals surface area contributed by atoms with E-state index in [1.165, 1.54) is 11.8 Å². The van der Waals surface area contributed by atoms with E-state index in [1.54, 1.807) is 6.92 Å². The van der Waals surface area contributed by atoms with E-state index in [1.807, 2.05) is 6.92 Å². The zero-order valence-electron chi connectivity index (χ0n) is 64.5. The lowest BCUT2D eigenvalue weighted by Crippen LogP contribution is -2.55. The number of anilines is 2. The summed E-state index contributed by atoms with van der Waals surface area (Å²) in [7, 11) is 0. The molecule has 2 unspecified atom stereocenters. The second kappa shape index (κ2) is 14.0. The van der Waals surface area contributed by atoms with E-state index >= 15 is 0 Å². The summed E-state index contributed by atoms with van der Waals surface area (Å²) >= 11 is 0. The van der Waals surface area contributed by atoms with Crippen LogP contribution in [-0.2, 0) is 5.41 Å². The first-order chi connectivity index (χ1) is 45.0. The highest BCUT2D eigenvalue weighted by molar-refractivity contribution is 6.13. The van der Waals surface area contributed by atoms with E-state index in [2.05, 4.69) is 0 Å². The standard InChI is InChI=1S/C60H47N7/c1-38-19-18-32-54-55(38)45-37-39(64-47-26-10-4-20-40(47)41-21-5-11-27-48(41)64)33-34-52(45)66(54)57-61-56(62-58(63-57)67-53-31-15-9-25-46(53)59(2)35-16-17-36-60(59,67)3)44-24-8-14-30-51(44)65-49-28-12-6-22-42(49)43-23-7-13-29-50(43)65/h4-15,18-34,37H,16-17,35-36H2,1-3H3/i4D,5D,6D,7D,8D,9D,10D,11D,12D,13D,14D,15D,18D,19D,20D,21D,22D,24D,25D,26D,27D,28D,29D,30D,31D,32D,33D,34D,37D. The SMILES string of the molecule is [2H]c1cc2c3c([2H])c([2H])c([2H])c([2H])c3n(-c3c([2H])c([2H])c([2H])c([2H])c3-c3nc(N4c5c([2H])c([2H])c([2H])c([2H])c5C5(C)CCCCC45C)nc(-n4c5c([2H])c([2H])c(-n6c7c([2H])c([2H])c([2H])c([2H])c7c7c([2H])c([2H])c([2H])c([2H])c76)c([2H])c5c5c(C)c([2H])c([2H])c([2H])c54)n3)c2c([2H])c1[2H]. The highest BCUT2D eigenvalue weighted by Gasteiger charge is 2.58. The third-order valence-corrected chi connectivity index (χ3v) is 13.7. The van der Waals surface area contributed by atoms with E-state index in [0.29, 0.717) is 19.3 Å². The van der Waals surface area contributed by atoms with E-state index < -0.39 is 270 Å². The number of aromatic nitrogens is 6. The number of fused-ring (bicyclic) bond motifs is 12. The van der Waals surface area contributed by atoms with Gasteiger partial charge in [-0.3, -0.25) is 4.57 Å². The molecule has 7 nitrogen and oxygen atoms in total. The first-order valence-electron chi connectivity index (χ1n) is 35.8. The van der Waals surface area contributed by atoms with Gasteiger partial charge in [-0.15, -0.1) is 0 Å². The zero-order chi connectivity index (χ0) is 69.8. The van der Waals surface area contributed by atoms with E-state index in [9.17, 15) is 23.3 Å². The lowest BCUT2D eigenvalue weighted by atomic mass is 9.61. The molecule has 1 aliphatic heterocycles. The van der Waals surface area contributed by atoms with Gasteiger partial charge in [0, 0.05) is 54.7 Å². The van der Waals surface area contributed by atoms with Crippen LogP contribution in [0.5, 0.6) is 0 Å². The van der Waals surface area contributed by atoms with Crippen molar-refractivity contribution in [3.63, 3.8) is 0 Å². The predicted octanol–water partition coefficient (Wildman–Crippen LogP) is 14.9. The minimum Gasteiger partial charge on any atom is -0.309 e. The van der Waals surface area contributed by atoms with Gasteiger partial charge in [0.25, 0.3) is 0 Å². The number of para-hydroxylation sites is 6. The Morgan fingerprint density at radius 3 is 1.84 bits per heavy atom. The summed E-state index contributed by atoms with van der Waals surface area (Å²) in [6, 6.07) is -21.4. The molecule has 67 heavy (non-hydrogen) atoms. The Kier molecular flexibility index (Phi) is 4.06. The average Bonchev–Trinajstić information content (AvgIpc) is 1.53. The Labute approximate surface area is 428 Å². The number of hydrogen-bond acceptors (Lipinski definition) is 4. The van der Waals surface area contributed by atoms with Crippen LogP contribution in [0, 0.1) is 6.92 Å². The number of aryl methyl sites for hydroxylation is 1. The molecule has 2 atom stereocenters. The van der Waals surface area contributed by atoms with Crippen molar-refractivity contribution in [3.8, 4) is 28.7 Å². The molecule has 0 spiro atoms. The fraction of sp³-hybridized carbons (Fsp3) is 0.150. The Bertz CT molecular complexity index is 5660. The van der Waals surface area contributed by atoms with Crippen molar-refractivity contribution in [2.75, 3.05) is 4.90 Å². The lowest BCUT2D eigenvalue weighted by Gasteiger charge is -2.49. The molecule has 7 heteroatoms. The minimum absolute atomic E-state index is 0.140. The summed E-state index contributed by atoms with van der Waals surface area (Å²) in [5, 5.41) is -2.11. The second-order valence-corrected chi connectivity index (χ2v) is 17.0. The number of nitrogens with zero attached hydrogens (tertiary/aromatic N) is 7. The summed E-state index contributed by atoms with van der Waals surface area (Å²) in [4.78, 5) is 16.5. The van der Waals surface area contributed by atoms with E-state index in [-0.39, 0.29) is 39.4 Å². The van der Waals surface area contributed by atoms with Crippen LogP contribution < -0.4 is 4.90 Å². The molecule has 2 aliphatic rings. The molecule has 0 bridgehead atoms. The van der Waals surface area contributed by atoms with Gasteiger partial charge in [-0.25, -0.2) is 0 Å². The Morgan fingerprint density at radius 2 is 1.06 bits per heavy atom. The predicted molar refractivity (Wildman–Crippen MR) is 276 cm³/mol. The van der Waals surface area contributed by atoms with Gasteiger partial charge < -0.3 is 14.0 Å². The summed E-state index contributed by atoms with van der Waals surface area (Å²) in [6.07, 6.45) is 1.61. The summed E-state index contributed by atoms with van der Waals surface area (Å²) in [5.74, 6) is -2.08. The zero-order valence-corrected chi connectivity index (χ0v) is 35.5. The second-order valence-electron chi connectivity index (χ2n) is 17.0. The molecule has 4 aromatic heterocycles. The van der Waals surface area contributed by atoms with Crippen LogP contribution in [0.25, 0.3) is 94.1 Å². The van der Waals surface area contributed by atoms with E-state index in [0.717, 1.165) is 19.8 Å². The van der Waals surface area contributed by atoms with Gasteiger partial charge in [-0.1, -0.05) is 135 Å². The molecule has 0 N–H and O–H groups in total. The van der Waals surface area contributed by atoms with E-state index in [4.69, 9.17) is 31.4 Å². The molecule has 0 radical (unpaired) electrons. The smallest absolute Gasteiger partial charge is 0.240 e. The first-order valence-corrected chi connectivity index (χ1v) is 21.3. The largest absolute Gasteiger partial charge is 0.309 e. The van der Waals surface area contributed by atoms with Gasteiger partial charge in [0.1, 0.15) is 0 Å². The van der Waals surface area contributed by atoms with Gasteiger partial charge in [0.15, 0.2) is 5.82 Å². The molecule has 8 aromatic carbocycles. The van der Waals surface area contributed by atoms with Crippen LogP contribution in [0.3, 0.4) is 0 Å². The van der Waals surface area contributed by atoms with Crippen molar-refractivity contribution >= 4 is 77.1 Å².